The lowest BCUT2D eigenvalue weighted by Gasteiger charge is -2.34. The molecule has 1 aliphatic rings. The van der Waals surface area contributed by atoms with Crippen LogP contribution in [0.25, 0.3) is 0 Å². The van der Waals surface area contributed by atoms with Crippen LogP contribution >= 0.6 is 0 Å². The Balaban J connectivity index is 1.89. The Labute approximate surface area is 135 Å². The number of likely N-dealkylation sites (N-methyl/N-ethyl adjacent to an activating group) is 1. The molecule has 0 radical (unpaired) electrons. The number of carbonyl (C=O) groups excluding carboxylic acids is 2. The van der Waals surface area contributed by atoms with Crippen molar-refractivity contribution in [3.63, 3.8) is 0 Å². The van der Waals surface area contributed by atoms with Gasteiger partial charge < -0.3 is 20.7 Å². The number of anilines is 1. The molecule has 1 saturated heterocycles. The number of morpholine rings is 1. The molecule has 0 spiro atoms. The first-order chi connectivity index (χ1) is 11.0. The van der Waals surface area contributed by atoms with E-state index in [1.54, 1.807) is 29.2 Å². The van der Waals surface area contributed by atoms with Crippen LogP contribution in [-0.4, -0.2) is 72.7 Å². The summed E-state index contributed by atoms with van der Waals surface area (Å²) in [5.74, 6) is -0.384. The summed E-state index contributed by atoms with van der Waals surface area (Å²) < 4.78 is 5.66. The molecule has 23 heavy (non-hydrogen) atoms. The van der Waals surface area contributed by atoms with Gasteiger partial charge in [-0.05, 0) is 25.6 Å². The zero-order valence-electron chi connectivity index (χ0n) is 13.5. The number of urea groups is 1. The lowest BCUT2D eigenvalue weighted by molar-refractivity contribution is -0.119. The second-order valence-electron chi connectivity index (χ2n) is 5.72. The zero-order valence-corrected chi connectivity index (χ0v) is 13.5. The molecule has 1 fully saturated rings. The number of aromatic nitrogens is 1. The van der Waals surface area contributed by atoms with Crippen molar-refractivity contribution in [3.8, 4) is 0 Å². The van der Waals surface area contributed by atoms with Gasteiger partial charge >= 0.3 is 6.03 Å². The Morgan fingerprint density at radius 3 is 3.04 bits per heavy atom. The molecule has 0 aromatic carbocycles. The maximum absolute atomic E-state index is 12.4. The molecule has 1 aromatic heterocycles. The number of primary amides is 1. The SMILES string of the molecule is Cc1ccncc1NC(=O)N1CCOC(CN(C)CC(N)=O)C1. The molecule has 2 heterocycles. The first kappa shape index (κ1) is 17.2. The summed E-state index contributed by atoms with van der Waals surface area (Å²) in [5, 5.41) is 2.87. The summed E-state index contributed by atoms with van der Waals surface area (Å²) in [7, 11) is 1.80. The minimum Gasteiger partial charge on any atom is -0.373 e. The van der Waals surface area contributed by atoms with Crippen LogP contribution in [0, 0.1) is 6.92 Å². The third kappa shape index (κ3) is 5.19. The molecule has 1 aromatic rings. The highest BCUT2D eigenvalue weighted by atomic mass is 16.5. The van der Waals surface area contributed by atoms with Crippen LogP contribution in [0.15, 0.2) is 18.5 Å². The molecule has 8 nitrogen and oxygen atoms in total. The maximum atomic E-state index is 12.4. The van der Waals surface area contributed by atoms with Crippen LogP contribution in [0.2, 0.25) is 0 Å². The van der Waals surface area contributed by atoms with Gasteiger partial charge in [0.25, 0.3) is 0 Å². The predicted octanol–water partition coefficient (Wildman–Crippen LogP) is 0.0398. The maximum Gasteiger partial charge on any atom is 0.322 e. The topological polar surface area (TPSA) is 101 Å². The van der Waals surface area contributed by atoms with E-state index in [1.807, 2.05) is 13.0 Å². The van der Waals surface area contributed by atoms with Gasteiger partial charge in [-0.15, -0.1) is 0 Å². The summed E-state index contributed by atoms with van der Waals surface area (Å²) in [6.45, 7) is 4.09. The number of pyridine rings is 1. The number of amides is 3. The van der Waals surface area contributed by atoms with Crippen molar-refractivity contribution in [1.82, 2.24) is 14.8 Å². The smallest absolute Gasteiger partial charge is 0.322 e. The van der Waals surface area contributed by atoms with E-state index in [4.69, 9.17) is 10.5 Å². The third-order valence-electron chi connectivity index (χ3n) is 3.65. The molecule has 3 amide bonds. The molecular formula is C15H23N5O3. The van der Waals surface area contributed by atoms with Crippen molar-refractivity contribution in [2.45, 2.75) is 13.0 Å². The monoisotopic (exact) mass is 321 g/mol. The van der Waals surface area contributed by atoms with E-state index in [2.05, 4.69) is 10.3 Å². The number of hydrogen-bond acceptors (Lipinski definition) is 5. The predicted molar refractivity (Wildman–Crippen MR) is 86.0 cm³/mol. The highest BCUT2D eigenvalue weighted by molar-refractivity contribution is 5.90. The van der Waals surface area contributed by atoms with Gasteiger partial charge in [-0.25, -0.2) is 4.79 Å². The normalized spacial score (nSPS) is 18.0. The van der Waals surface area contributed by atoms with Crippen molar-refractivity contribution in [3.05, 3.63) is 24.0 Å². The summed E-state index contributed by atoms with van der Waals surface area (Å²) >= 11 is 0. The number of ether oxygens (including phenoxy) is 1. The molecule has 0 saturated carbocycles. The van der Waals surface area contributed by atoms with E-state index in [0.717, 1.165) is 5.56 Å². The van der Waals surface area contributed by atoms with Gasteiger partial charge in [0.05, 0.1) is 31.1 Å². The van der Waals surface area contributed by atoms with E-state index in [0.29, 0.717) is 31.9 Å². The van der Waals surface area contributed by atoms with Gasteiger partial charge in [0.2, 0.25) is 5.91 Å². The summed E-state index contributed by atoms with van der Waals surface area (Å²) in [4.78, 5) is 30.8. The first-order valence-corrected chi connectivity index (χ1v) is 7.50. The first-order valence-electron chi connectivity index (χ1n) is 7.50. The van der Waals surface area contributed by atoms with Gasteiger partial charge in [-0.2, -0.15) is 0 Å². The van der Waals surface area contributed by atoms with Crippen LogP contribution in [-0.2, 0) is 9.53 Å². The fourth-order valence-electron chi connectivity index (χ4n) is 2.48. The van der Waals surface area contributed by atoms with E-state index in [1.165, 1.54) is 0 Å². The van der Waals surface area contributed by atoms with Crippen molar-refractivity contribution in [2.75, 3.05) is 45.2 Å². The fourth-order valence-corrected chi connectivity index (χ4v) is 2.48. The molecule has 1 aliphatic heterocycles. The lowest BCUT2D eigenvalue weighted by atomic mass is 10.2. The number of nitrogens with zero attached hydrogens (tertiary/aromatic N) is 3. The molecule has 2 rings (SSSR count). The summed E-state index contributed by atoms with van der Waals surface area (Å²) in [5.41, 5.74) is 6.83. The fraction of sp³-hybridized carbons (Fsp3) is 0.533. The number of hydrogen-bond donors (Lipinski definition) is 2. The Bertz CT molecular complexity index is 566. The van der Waals surface area contributed by atoms with Crippen LogP contribution in [0.4, 0.5) is 10.5 Å². The second-order valence-corrected chi connectivity index (χ2v) is 5.72. The van der Waals surface area contributed by atoms with Gasteiger partial charge in [-0.1, -0.05) is 0 Å². The van der Waals surface area contributed by atoms with E-state index in [9.17, 15) is 9.59 Å². The largest absolute Gasteiger partial charge is 0.373 e. The standard InChI is InChI=1S/C15H23N5O3/c1-11-3-4-17-7-13(11)18-15(22)20-5-6-23-12(9-20)8-19(2)10-14(16)21/h3-4,7,12H,5-6,8-10H2,1-2H3,(H2,16,21)(H,18,22). The summed E-state index contributed by atoms with van der Waals surface area (Å²) in [6.07, 6.45) is 3.17. The lowest BCUT2D eigenvalue weighted by Crippen LogP contribution is -2.51. The average molecular weight is 321 g/mol. The highest BCUT2D eigenvalue weighted by Gasteiger charge is 2.25. The Kier molecular flexibility index (Phi) is 5.89. The minimum atomic E-state index is -0.384. The quantitative estimate of drug-likeness (QED) is 0.797. The van der Waals surface area contributed by atoms with Crippen molar-refractivity contribution >= 4 is 17.6 Å². The number of carbonyl (C=O) groups is 2. The molecule has 126 valence electrons. The molecule has 0 aliphatic carbocycles. The molecule has 8 heteroatoms. The van der Waals surface area contributed by atoms with E-state index in [-0.39, 0.29) is 24.6 Å². The Morgan fingerprint density at radius 1 is 1.57 bits per heavy atom. The van der Waals surface area contributed by atoms with Gasteiger partial charge in [0.15, 0.2) is 0 Å². The average Bonchev–Trinajstić information content (AvgIpc) is 2.49. The van der Waals surface area contributed by atoms with Crippen molar-refractivity contribution < 1.29 is 14.3 Å². The number of aryl methyl sites for hydroxylation is 1. The van der Waals surface area contributed by atoms with Crippen LogP contribution < -0.4 is 11.1 Å². The van der Waals surface area contributed by atoms with Crippen LogP contribution in [0.1, 0.15) is 5.56 Å². The minimum absolute atomic E-state index is 0.145. The number of rotatable bonds is 5. The van der Waals surface area contributed by atoms with Crippen molar-refractivity contribution in [1.29, 1.82) is 0 Å². The summed E-state index contributed by atoms with van der Waals surface area (Å²) in [6, 6.07) is 1.67. The van der Waals surface area contributed by atoms with Crippen molar-refractivity contribution in [2.24, 2.45) is 5.73 Å². The van der Waals surface area contributed by atoms with E-state index >= 15 is 0 Å². The number of nitrogens with two attached hydrogens (primary N) is 1. The van der Waals surface area contributed by atoms with E-state index < -0.39 is 0 Å². The number of nitrogens with one attached hydrogen (secondary N) is 1. The third-order valence-corrected chi connectivity index (χ3v) is 3.65. The molecule has 1 atom stereocenters. The molecular weight excluding hydrogens is 298 g/mol. The Morgan fingerprint density at radius 2 is 2.35 bits per heavy atom. The molecule has 3 N–H and O–H groups in total. The second kappa shape index (κ2) is 7.89. The molecule has 1 unspecified atom stereocenters. The van der Waals surface area contributed by atoms with Crippen LogP contribution in [0.5, 0.6) is 0 Å². The zero-order chi connectivity index (χ0) is 16.8. The van der Waals surface area contributed by atoms with Crippen LogP contribution in [0.3, 0.4) is 0 Å². The highest BCUT2D eigenvalue weighted by Crippen LogP contribution is 2.14. The van der Waals surface area contributed by atoms with Gasteiger partial charge in [-0.3, -0.25) is 14.7 Å². The Hall–Kier alpha value is -2.19. The molecule has 0 bridgehead atoms. The van der Waals surface area contributed by atoms with Gasteiger partial charge in [0, 0.05) is 25.8 Å². The van der Waals surface area contributed by atoms with Gasteiger partial charge in [0.1, 0.15) is 0 Å².